The summed E-state index contributed by atoms with van der Waals surface area (Å²) in [6.07, 6.45) is 10.8. The smallest absolute Gasteiger partial charge is 0.224 e. The van der Waals surface area contributed by atoms with Crippen LogP contribution in [0, 0.1) is 19.8 Å². The molecule has 1 saturated heterocycles. The van der Waals surface area contributed by atoms with E-state index in [2.05, 4.69) is 53.0 Å². The number of hydrogen-bond acceptors (Lipinski definition) is 3. The quantitative estimate of drug-likeness (QED) is 0.576. The van der Waals surface area contributed by atoms with E-state index in [4.69, 9.17) is 0 Å². The van der Waals surface area contributed by atoms with Crippen LogP contribution >= 0.6 is 0 Å². The Hall–Kier alpha value is -2.14. The van der Waals surface area contributed by atoms with Gasteiger partial charge < -0.3 is 9.80 Å². The largest absolute Gasteiger partial charge is 0.339 e. The molecule has 2 aromatic rings. The molecule has 0 bridgehead atoms. The van der Waals surface area contributed by atoms with Crippen molar-refractivity contribution in [2.45, 2.75) is 77.8 Å². The zero-order valence-corrected chi connectivity index (χ0v) is 20.0. The number of likely N-dealkylation sites (tertiary alicyclic amines) is 1. The molecule has 32 heavy (non-hydrogen) atoms. The summed E-state index contributed by atoms with van der Waals surface area (Å²) in [6, 6.07) is 11.2. The van der Waals surface area contributed by atoms with E-state index in [-0.39, 0.29) is 0 Å². The maximum absolute atomic E-state index is 13.2. The van der Waals surface area contributed by atoms with Crippen molar-refractivity contribution < 1.29 is 4.79 Å². The Morgan fingerprint density at radius 3 is 2.47 bits per heavy atom. The van der Waals surface area contributed by atoms with Crippen LogP contribution in [-0.4, -0.2) is 57.7 Å². The van der Waals surface area contributed by atoms with E-state index in [0.717, 1.165) is 38.3 Å². The summed E-state index contributed by atoms with van der Waals surface area (Å²) in [6.45, 7) is 9.38. The molecule has 2 fully saturated rings. The third-order valence-corrected chi connectivity index (χ3v) is 7.67. The Balaban J connectivity index is 1.27. The minimum absolute atomic E-state index is 0.328. The molecule has 4 rings (SSSR count). The first-order valence-corrected chi connectivity index (χ1v) is 12.6. The first-order valence-electron chi connectivity index (χ1n) is 12.6. The summed E-state index contributed by atoms with van der Waals surface area (Å²) in [5, 5.41) is 4.35. The summed E-state index contributed by atoms with van der Waals surface area (Å²) >= 11 is 0. The standard InChI is InChI=1S/C27H40N4O/c1-22-7-3-4-8-25(22)14-19-29-17-12-24(13-18-29)21-30(26-9-5-6-10-26)27(32)15-20-31-23(2)11-16-28-31/h3-4,7-8,11,16,24,26H,5-6,9-10,12-15,17-21H2,1-2H3. The zero-order chi connectivity index (χ0) is 22.3. The van der Waals surface area contributed by atoms with Gasteiger partial charge in [-0.2, -0.15) is 5.10 Å². The lowest BCUT2D eigenvalue weighted by Crippen LogP contribution is -2.45. The molecule has 2 aliphatic rings. The molecule has 1 aromatic heterocycles. The molecule has 0 atom stereocenters. The van der Waals surface area contributed by atoms with Crippen LogP contribution in [0.4, 0.5) is 0 Å². The fourth-order valence-electron chi connectivity index (χ4n) is 5.49. The molecule has 5 heteroatoms. The predicted octanol–water partition coefficient (Wildman–Crippen LogP) is 4.62. The van der Waals surface area contributed by atoms with E-state index in [1.807, 2.05) is 16.9 Å². The van der Waals surface area contributed by atoms with Crippen LogP contribution in [-0.2, 0) is 17.8 Å². The van der Waals surface area contributed by atoms with Gasteiger partial charge >= 0.3 is 0 Å². The van der Waals surface area contributed by atoms with Crippen LogP contribution in [0.3, 0.4) is 0 Å². The van der Waals surface area contributed by atoms with E-state index < -0.39 is 0 Å². The van der Waals surface area contributed by atoms with Crippen molar-refractivity contribution in [1.82, 2.24) is 19.6 Å². The van der Waals surface area contributed by atoms with Crippen molar-refractivity contribution in [3.8, 4) is 0 Å². The summed E-state index contributed by atoms with van der Waals surface area (Å²) < 4.78 is 1.96. The van der Waals surface area contributed by atoms with Gasteiger partial charge in [0.05, 0.1) is 0 Å². The third kappa shape index (κ3) is 6.00. The lowest BCUT2D eigenvalue weighted by Gasteiger charge is -2.37. The minimum Gasteiger partial charge on any atom is -0.339 e. The number of amides is 1. The van der Waals surface area contributed by atoms with Gasteiger partial charge in [-0.1, -0.05) is 37.1 Å². The second kappa shape index (κ2) is 11.1. The molecule has 0 unspecified atom stereocenters. The molecule has 1 saturated carbocycles. The molecule has 0 spiro atoms. The molecular formula is C27H40N4O. The lowest BCUT2D eigenvalue weighted by molar-refractivity contribution is -0.134. The van der Waals surface area contributed by atoms with Gasteiger partial charge in [0.25, 0.3) is 0 Å². The number of aromatic nitrogens is 2. The van der Waals surface area contributed by atoms with Crippen molar-refractivity contribution in [1.29, 1.82) is 0 Å². The fraction of sp³-hybridized carbons (Fsp3) is 0.630. The van der Waals surface area contributed by atoms with Gasteiger partial charge in [-0.05, 0) is 82.2 Å². The SMILES string of the molecule is Cc1ccccc1CCN1CCC(CN(C(=O)CCn2nccc2C)C2CCCC2)CC1. The number of nitrogens with zero attached hydrogens (tertiary/aromatic N) is 4. The molecule has 1 amide bonds. The summed E-state index contributed by atoms with van der Waals surface area (Å²) in [5.74, 6) is 0.967. The average molecular weight is 437 g/mol. The molecule has 0 radical (unpaired) electrons. The first-order chi connectivity index (χ1) is 15.6. The van der Waals surface area contributed by atoms with Crippen molar-refractivity contribution >= 4 is 5.91 Å². The zero-order valence-electron chi connectivity index (χ0n) is 20.0. The van der Waals surface area contributed by atoms with Crippen LogP contribution in [0.5, 0.6) is 0 Å². The van der Waals surface area contributed by atoms with E-state index in [1.54, 1.807) is 0 Å². The molecule has 5 nitrogen and oxygen atoms in total. The molecule has 174 valence electrons. The van der Waals surface area contributed by atoms with Crippen LogP contribution in [0.15, 0.2) is 36.5 Å². The van der Waals surface area contributed by atoms with E-state index in [0.29, 0.717) is 30.8 Å². The Bertz CT molecular complexity index is 862. The van der Waals surface area contributed by atoms with Crippen molar-refractivity contribution in [3.63, 3.8) is 0 Å². The van der Waals surface area contributed by atoms with Gasteiger partial charge in [0, 0.05) is 44.0 Å². The minimum atomic E-state index is 0.328. The highest BCUT2D eigenvalue weighted by Crippen LogP contribution is 2.27. The van der Waals surface area contributed by atoms with Crippen molar-refractivity contribution in [2.75, 3.05) is 26.2 Å². The number of aryl methyl sites for hydroxylation is 3. The number of piperidine rings is 1. The van der Waals surface area contributed by atoms with Crippen LogP contribution < -0.4 is 0 Å². The topological polar surface area (TPSA) is 41.4 Å². The molecular weight excluding hydrogens is 396 g/mol. The monoisotopic (exact) mass is 436 g/mol. The second-order valence-electron chi connectivity index (χ2n) is 9.89. The Labute approximate surface area is 193 Å². The van der Waals surface area contributed by atoms with Crippen LogP contribution in [0.2, 0.25) is 0 Å². The van der Waals surface area contributed by atoms with Crippen molar-refractivity contribution in [2.24, 2.45) is 5.92 Å². The van der Waals surface area contributed by atoms with Gasteiger partial charge in [0.1, 0.15) is 0 Å². The van der Waals surface area contributed by atoms with Crippen molar-refractivity contribution in [3.05, 3.63) is 53.3 Å². The molecule has 0 N–H and O–H groups in total. The fourth-order valence-corrected chi connectivity index (χ4v) is 5.49. The van der Waals surface area contributed by atoms with Gasteiger partial charge in [0.15, 0.2) is 0 Å². The number of carbonyl (C=O) groups is 1. The average Bonchev–Trinajstić information content (AvgIpc) is 3.48. The lowest BCUT2D eigenvalue weighted by atomic mass is 9.94. The maximum atomic E-state index is 13.2. The molecule has 1 aliphatic carbocycles. The Kier molecular flexibility index (Phi) is 8.01. The number of carbonyl (C=O) groups excluding carboxylic acids is 1. The van der Waals surface area contributed by atoms with E-state index in [9.17, 15) is 4.79 Å². The molecule has 2 heterocycles. The highest BCUT2D eigenvalue weighted by atomic mass is 16.2. The second-order valence-corrected chi connectivity index (χ2v) is 9.89. The number of hydrogen-bond donors (Lipinski definition) is 0. The summed E-state index contributed by atoms with van der Waals surface area (Å²) in [7, 11) is 0. The number of rotatable bonds is 9. The predicted molar refractivity (Wildman–Crippen MR) is 130 cm³/mol. The highest BCUT2D eigenvalue weighted by Gasteiger charge is 2.30. The Morgan fingerprint density at radius 2 is 1.78 bits per heavy atom. The van der Waals surface area contributed by atoms with Gasteiger partial charge in [-0.15, -0.1) is 0 Å². The normalized spacial score (nSPS) is 18.3. The van der Waals surface area contributed by atoms with Gasteiger partial charge in [-0.25, -0.2) is 0 Å². The first kappa shape index (κ1) is 23.0. The van der Waals surface area contributed by atoms with Crippen LogP contribution in [0.25, 0.3) is 0 Å². The summed E-state index contributed by atoms with van der Waals surface area (Å²) in [4.78, 5) is 18.1. The number of benzene rings is 1. The molecule has 1 aliphatic heterocycles. The Morgan fingerprint density at radius 1 is 1.03 bits per heavy atom. The van der Waals surface area contributed by atoms with E-state index >= 15 is 0 Å². The molecule has 1 aromatic carbocycles. The third-order valence-electron chi connectivity index (χ3n) is 7.67. The summed E-state index contributed by atoms with van der Waals surface area (Å²) in [5.41, 5.74) is 4.00. The van der Waals surface area contributed by atoms with E-state index in [1.165, 1.54) is 49.7 Å². The van der Waals surface area contributed by atoms with Gasteiger partial charge in [0.2, 0.25) is 5.91 Å². The van der Waals surface area contributed by atoms with Gasteiger partial charge in [-0.3, -0.25) is 9.48 Å². The highest BCUT2D eigenvalue weighted by molar-refractivity contribution is 5.76. The van der Waals surface area contributed by atoms with Crippen LogP contribution in [0.1, 0.15) is 61.8 Å². The maximum Gasteiger partial charge on any atom is 0.224 e.